The molecule has 1 nitrogen and oxygen atoms in total. The van der Waals surface area contributed by atoms with Crippen molar-refractivity contribution in [2.24, 2.45) is 17.3 Å². The Bertz CT molecular complexity index is 263. The van der Waals surface area contributed by atoms with E-state index >= 15 is 0 Å². The van der Waals surface area contributed by atoms with E-state index in [4.69, 9.17) is 0 Å². The molecule has 0 spiro atoms. The molecule has 0 radical (unpaired) electrons. The van der Waals surface area contributed by atoms with Gasteiger partial charge in [0.25, 0.3) is 0 Å². The molecule has 3 atom stereocenters. The molecule has 1 aliphatic rings. The lowest BCUT2D eigenvalue weighted by atomic mass is 9.74. The van der Waals surface area contributed by atoms with Crippen molar-refractivity contribution in [2.45, 2.75) is 46.6 Å². The van der Waals surface area contributed by atoms with E-state index in [1.165, 1.54) is 5.57 Å². The van der Waals surface area contributed by atoms with E-state index in [9.17, 15) is 5.11 Å². The van der Waals surface area contributed by atoms with Crippen LogP contribution in [-0.4, -0.2) is 11.2 Å². The highest BCUT2D eigenvalue weighted by Crippen LogP contribution is 2.45. The Hall–Kier alpha value is -0.560. The van der Waals surface area contributed by atoms with Gasteiger partial charge in [-0.15, -0.1) is 6.58 Å². The second-order valence-electron chi connectivity index (χ2n) is 5.44. The van der Waals surface area contributed by atoms with Crippen molar-refractivity contribution in [1.29, 1.82) is 0 Å². The third-order valence-corrected chi connectivity index (χ3v) is 4.25. The zero-order valence-electron chi connectivity index (χ0n) is 10.5. The molecular weight excluding hydrogens is 184 g/mol. The Labute approximate surface area is 93.9 Å². The van der Waals surface area contributed by atoms with Gasteiger partial charge in [-0.2, -0.15) is 0 Å². The Morgan fingerprint density at radius 3 is 2.67 bits per heavy atom. The van der Waals surface area contributed by atoms with Crippen molar-refractivity contribution in [1.82, 2.24) is 0 Å². The fourth-order valence-corrected chi connectivity index (χ4v) is 2.25. The SMILES string of the molecule is C=CC(C)[C@@H](O)CC1CC=C(C)C1(C)C. The van der Waals surface area contributed by atoms with Crippen molar-refractivity contribution in [3.8, 4) is 0 Å². The second-order valence-corrected chi connectivity index (χ2v) is 5.44. The third kappa shape index (κ3) is 2.52. The summed E-state index contributed by atoms with van der Waals surface area (Å²) in [6.07, 6.45) is 5.91. The quantitative estimate of drug-likeness (QED) is 0.700. The Balaban J connectivity index is 2.58. The molecule has 0 fully saturated rings. The van der Waals surface area contributed by atoms with Gasteiger partial charge in [0.2, 0.25) is 0 Å². The van der Waals surface area contributed by atoms with Crippen molar-refractivity contribution < 1.29 is 5.11 Å². The largest absolute Gasteiger partial charge is 0.393 e. The zero-order chi connectivity index (χ0) is 11.6. The zero-order valence-corrected chi connectivity index (χ0v) is 10.5. The molecule has 1 heteroatoms. The minimum Gasteiger partial charge on any atom is -0.393 e. The van der Waals surface area contributed by atoms with Gasteiger partial charge in [-0.05, 0) is 37.0 Å². The van der Waals surface area contributed by atoms with Crippen LogP contribution in [0, 0.1) is 17.3 Å². The number of hydrogen-bond donors (Lipinski definition) is 1. The topological polar surface area (TPSA) is 20.2 Å². The minimum absolute atomic E-state index is 0.196. The van der Waals surface area contributed by atoms with E-state index in [-0.39, 0.29) is 17.4 Å². The molecule has 0 saturated heterocycles. The highest BCUT2D eigenvalue weighted by atomic mass is 16.3. The van der Waals surface area contributed by atoms with Crippen molar-refractivity contribution in [3.63, 3.8) is 0 Å². The normalized spacial score (nSPS) is 28.3. The van der Waals surface area contributed by atoms with Crippen molar-refractivity contribution in [2.75, 3.05) is 0 Å². The van der Waals surface area contributed by atoms with Crippen LogP contribution in [0.4, 0.5) is 0 Å². The summed E-state index contributed by atoms with van der Waals surface area (Å²) in [7, 11) is 0. The van der Waals surface area contributed by atoms with Crippen LogP contribution in [0.25, 0.3) is 0 Å². The Kier molecular flexibility index (Phi) is 3.77. The van der Waals surface area contributed by atoms with Crippen LogP contribution < -0.4 is 0 Å². The maximum atomic E-state index is 10.0. The summed E-state index contributed by atoms with van der Waals surface area (Å²) in [5, 5.41) is 10.0. The molecule has 1 aliphatic carbocycles. The van der Waals surface area contributed by atoms with Gasteiger partial charge in [-0.25, -0.2) is 0 Å². The number of hydrogen-bond acceptors (Lipinski definition) is 1. The van der Waals surface area contributed by atoms with Gasteiger partial charge >= 0.3 is 0 Å². The first kappa shape index (κ1) is 12.5. The molecule has 2 unspecified atom stereocenters. The molecular formula is C14H24O. The van der Waals surface area contributed by atoms with Gasteiger partial charge in [0.05, 0.1) is 6.10 Å². The Morgan fingerprint density at radius 2 is 2.27 bits per heavy atom. The predicted octanol–water partition coefficient (Wildman–Crippen LogP) is 3.55. The molecule has 0 aromatic rings. The van der Waals surface area contributed by atoms with Crippen LogP contribution in [0.5, 0.6) is 0 Å². The first-order valence-electron chi connectivity index (χ1n) is 5.87. The number of allylic oxidation sites excluding steroid dienone is 2. The van der Waals surface area contributed by atoms with Gasteiger partial charge in [0.1, 0.15) is 0 Å². The first-order chi connectivity index (χ1) is 6.89. The summed E-state index contributed by atoms with van der Waals surface area (Å²) in [6.45, 7) is 12.5. The predicted molar refractivity (Wildman–Crippen MR) is 65.6 cm³/mol. The maximum absolute atomic E-state index is 10.0. The van der Waals surface area contributed by atoms with Crippen LogP contribution in [0.2, 0.25) is 0 Å². The summed E-state index contributed by atoms with van der Waals surface area (Å²) in [4.78, 5) is 0. The van der Waals surface area contributed by atoms with E-state index in [2.05, 4.69) is 33.4 Å². The standard InChI is InChI=1S/C14H24O/c1-6-10(2)13(15)9-12-8-7-11(3)14(12,4)5/h6-7,10,12-13,15H,1,8-9H2,2-5H3/t10?,12?,13-/m0/s1. The summed E-state index contributed by atoms with van der Waals surface area (Å²) in [6, 6.07) is 0. The van der Waals surface area contributed by atoms with E-state index in [0.717, 1.165) is 12.8 Å². The molecule has 1 N–H and O–H groups in total. The highest BCUT2D eigenvalue weighted by molar-refractivity contribution is 5.18. The molecule has 0 aliphatic heterocycles. The molecule has 0 saturated carbocycles. The van der Waals surface area contributed by atoms with Crippen LogP contribution in [0.3, 0.4) is 0 Å². The molecule has 0 aromatic heterocycles. The molecule has 1 rings (SSSR count). The maximum Gasteiger partial charge on any atom is 0.0603 e. The smallest absolute Gasteiger partial charge is 0.0603 e. The Morgan fingerprint density at radius 1 is 1.67 bits per heavy atom. The van der Waals surface area contributed by atoms with Crippen molar-refractivity contribution in [3.05, 3.63) is 24.3 Å². The number of aliphatic hydroxyl groups excluding tert-OH is 1. The minimum atomic E-state index is -0.244. The molecule has 15 heavy (non-hydrogen) atoms. The summed E-state index contributed by atoms with van der Waals surface area (Å²) < 4.78 is 0. The van der Waals surface area contributed by atoms with E-state index in [0.29, 0.717) is 5.92 Å². The fourth-order valence-electron chi connectivity index (χ4n) is 2.25. The van der Waals surface area contributed by atoms with Gasteiger partial charge in [0, 0.05) is 0 Å². The van der Waals surface area contributed by atoms with Crippen LogP contribution in [-0.2, 0) is 0 Å². The van der Waals surface area contributed by atoms with Gasteiger partial charge < -0.3 is 5.11 Å². The van der Waals surface area contributed by atoms with E-state index in [1.807, 2.05) is 13.0 Å². The molecule has 0 amide bonds. The molecule has 86 valence electrons. The lowest BCUT2D eigenvalue weighted by Gasteiger charge is -2.32. The summed E-state index contributed by atoms with van der Waals surface area (Å²) >= 11 is 0. The average Bonchev–Trinajstić information content (AvgIpc) is 2.43. The lowest BCUT2D eigenvalue weighted by molar-refractivity contribution is 0.0876. The summed E-state index contributed by atoms with van der Waals surface area (Å²) in [5.41, 5.74) is 1.72. The third-order valence-electron chi connectivity index (χ3n) is 4.25. The van der Waals surface area contributed by atoms with Crippen LogP contribution in [0.1, 0.15) is 40.5 Å². The van der Waals surface area contributed by atoms with Gasteiger partial charge in [-0.3, -0.25) is 0 Å². The molecule has 0 bridgehead atoms. The first-order valence-corrected chi connectivity index (χ1v) is 5.87. The van der Waals surface area contributed by atoms with Gasteiger partial charge in [0.15, 0.2) is 0 Å². The summed E-state index contributed by atoms with van der Waals surface area (Å²) in [5.74, 6) is 0.775. The van der Waals surface area contributed by atoms with Crippen LogP contribution >= 0.6 is 0 Å². The number of aliphatic hydroxyl groups is 1. The van der Waals surface area contributed by atoms with E-state index in [1.54, 1.807) is 0 Å². The molecule has 0 aromatic carbocycles. The van der Waals surface area contributed by atoms with Crippen molar-refractivity contribution >= 4 is 0 Å². The monoisotopic (exact) mass is 208 g/mol. The average molecular weight is 208 g/mol. The van der Waals surface area contributed by atoms with Gasteiger partial charge in [-0.1, -0.05) is 38.5 Å². The lowest BCUT2D eigenvalue weighted by Crippen LogP contribution is -2.27. The molecule has 0 heterocycles. The van der Waals surface area contributed by atoms with Crippen LogP contribution in [0.15, 0.2) is 24.3 Å². The number of rotatable bonds is 4. The second kappa shape index (κ2) is 4.52. The highest BCUT2D eigenvalue weighted by Gasteiger charge is 2.36. The fraction of sp³-hybridized carbons (Fsp3) is 0.714. The van der Waals surface area contributed by atoms with E-state index < -0.39 is 0 Å².